The summed E-state index contributed by atoms with van der Waals surface area (Å²) in [5.41, 5.74) is 1.96. The molecule has 1 fully saturated rings. The number of piperazine rings is 1. The minimum atomic E-state index is -0.142. The Morgan fingerprint density at radius 3 is 2.35 bits per heavy atom. The van der Waals surface area contributed by atoms with E-state index in [1.165, 1.54) is 11.8 Å². The van der Waals surface area contributed by atoms with Gasteiger partial charge in [0, 0.05) is 48.4 Å². The normalized spacial score (nSPS) is 15.7. The molecule has 2 aromatic rings. The molecule has 1 heterocycles. The fraction of sp³-hybridized carbons (Fsp3) is 0.333. The van der Waals surface area contributed by atoms with Crippen LogP contribution < -0.4 is 9.64 Å². The van der Waals surface area contributed by atoms with E-state index in [-0.39, 0.29) is 5.82 Å². The van der Waals surface area contributed by atoms with Crippen LogP contribution in [0.15, 0.2) is 46.9 Å². The van der Waals surface area contributed by atoms with Crippen LogP contribution in [-0.2, 0) is 6.54 Å². The molecule has 0 spiro atoms. The van der Waals surface area contributed by atoms with Crippen molar-refractivity contribution >= 4 is 21.6 Å². The molecule has 0 radical (unpaired) electrons. The Hall–Kier alpha value is -1.59. The molecule has 23 heavy (non-hydrogen) atoms. The molecule has 3 rings (SSSR count). The largest absolute Gasteiger partial charge is 0.497 e. The topological polar surface area (TPSA) is 15.7 Å². The van der Waals surface area contributed by atoms with Crippen molar-refractivity contribution in [2.24, 2.45) is 0 Å². The Balaban J connectivity index is 1.57. The number of anilines is 1. The second kappa shape index (κ2) is 7.32. The van der Waals surface area contributed by atoms with Crippen LogP contribution in [0.5, 0.6) is 5.75 Å². The van der Waals surface area contributed by atoms with E-state index in [9.17, 15) is 4.39 Å². The number of methoxy groups -OCH3 is 1. The number of ether oxygens (including phenoxy) is 1. The highest BCUT2D eigenvalue weighted by Crippen LogP contribution is 2.22. The van der Waals surface area contributed by atoms with Crippen LogP contribution in [0, 0.1) is 5.82 Å². The lowest BCUT2D eigenvalue weighted by molar-refractivity contribution is 0.246. The van der Waals surface area contributed by atoms with Gasteiger partial charge < -0.3 is 9.64 Å². The zero-order valence-corrected chi connectivity index (χ0v) is 14.7. The summed E-state index contributed by atoms with van der Waals surface area (Å²) in [5.74, 6) is 0.732. The minimum Gasteiger partial charge on any atom is -0.497 e. The maximum absolute atomic E-state index is 13.9. The van der Waals surface area contributed by atoms with Crippen LogP contribution in [0.2, 0.25) is 0 Å². The van der Waals surface area contributed by atoms with E-state index in [0.717, 1.165) is 42.0 Å². The fourth-order valence-corrected chi connectivity index (χ4v) is 3.18. The predicted molar refractivity (Wildman–Crippen MR) is 94.6 cm³/mol. The maximum atomic E-state index is 13.9. The second-order valence-electron chi connectivity index (χ2n) is 5.70. The zero-order valence-electron chi connectivity index (χ0n) is 13.1. The van der Waals surface area contributed by atoms with Gasteiger partial charge in [-0.15, -0.1) is 0 Å². The van der Waals surface area contributed by atoms with Crippen LogP contribution in [0.3, 0.4) is 0 Å². The summed E-state index contributed by atoms with van der Waals surface area (Å²) in [5, 5.41) is 0. The molecule has 5 heteroatoms. The second-order valence-corrected chi connectivity index (χ2v) is 6.61. The molecule has 122 valence electrons. The standard InChI is InChI=1S/C18H20BrFN2O/c1-23-17-6-4-16(5-7-17)22-10-8-21(9-11-22)13-14-2-3-15(19)12-18(14)20/h2-7,12H,8-11,13H2,1H3. The smallest absolute Gasteiger partial charge is 0.128 e. The van der Waals surface area contributed by atoms with Gasteiger partial charge in [0.2, 0.25) is 0 Å². The molecule has 0 atom stereocenters. The molecule has 1 aliphatic heterocycles. The zero-order chi connectivity index (χ0) is 16.2. The van der Waals surface area contributed by atoms with E-state index in [4.69, 9.17) is 4.74 Å². The van der Waals surface area contributed by atoms with Crippen molar-refractivity contribution in [1.29, 1.82) is 0 Å². The van der Waals surface area contributed by atoms with E-state index < -0.39 is 0 Å². The lowest BCUT2D eigenvalue weighted by Crippen LogP contribution is -2.46. The van der Waals surface area contributed by atoms with Crippen LogP contribution in [0.25, 0.3) is 0 Å². The molecular formula is C18H20BrFN2O. The van der Waals surface area contributed by atoms with Crippen molar-refractivity contribution in [1.82, 2.24) is 4.90 Å². The summed E-state index contributed by atoms with van der Waals surface area (Å²) in [6.07, 6.45) is 0. The van der Waals surface area contributed by atoms with Crippen LogP contribution in [0.1, 0.15) is 5.56 Å². The summed E-state index contributed by atoms with van der Waals surface area (Å²) in [6.45, 7) is 4.42. The molecule has 0 unspecified atom stereocenters. The SMILES string of the molecule is COc1ccc(N2CCN(Cc3ccc(Br)cc3F)CC2)cc1. The summed E-state index contributed by atoms with van der Waals surface area (Å²) in [7, 11) is 1.68. The molecule has 3 nitrogen and oxygen atoms in total. The van der Waals surface area contributed by atoms with Crippen LogP contribution in [0.4, 0.5) is 10.1 Å². The third kappa shape index (κ3) is 4.03. The third-order valence-electron chi connectivity index (χ3n) is 4.22. The summed E-state index contributed by atoms with van der Waals surface area (Å²) in [4.78, 5) is 4.65. The Bertz CT molecular complexity index is 655. The molecule has 0 aliphatic carbocycles. The Labute approximate surface area is 144 Å². The molecule has 0 amide bonds. The summed E-state index contributed by atoms with van der Waals surface area (Å²) in [6, 6.07) is 13.4. The van der Waals surface area contributed by atoms with Crippen molar-refractivity contribution in [3.8, 4) is 5.75 Å². The van der Waals surface area contributed by atoms with Crippen LogP contribution in [-0.4, -0.2) is 38.2 Å². The van der Waals surface area contributed by atoms with Gasteiger partial charge in [-0.1, -0.05) is 22.0 Å². The van der Waals surface area contributed by atoms with Crippen molar-refractivity contribution in [3.05, 3.63) is 58.3 Å². The fourth-order valence-electron chi connectivity index (χ4n) is 2.85. The van der Waals surface area contributed by atoms with E-state index in [1.807, 2.05) is 24.3 Å². The van der Waals surface area contributed by atoms with E-state index >= 15 is 0 Å². The number of hydrogen-bond donors (Lipinski definition) is 0. The quantitative estimate of drug-likeness (QED) is 0.801. The Kier molecular flexibility index (Phi) is 5.18. The lowest BCUT2D eigenvalue weighted by Gasteiger charge is -2.36. The number of rotatable bonds is 4. The maximum Gasteiger partial charge on any atom is 0.128 e. The highest BCUT2D eigenvalue weighted by Gasteiger charge is 2.18. The minimum absolute atomic E-state index is 0.142. The Morgan fingerprint density at radius 1 is 1.04 bits per heavy atom. The van der Waals surface area contributed by atoms with E-state index in [1.54, 1.807) is 7.11 Å². The van der Waals surface area contributed by atoms with Crippen molar-refractivity contribution in [2.75, 3.05) is 38.2 Å². The summed E-state index contributed by atoms with van der Waals surface area (Å²) >= 11 is 3.30. The molecule has 0 saturated carbocycles. The first kappa shape index (κ1) is 16.3. The van der Waals surface area contributed by atoms with Gasteiger partial charge in [-0.2, -0.15) is 0 Å². The third-order valence-corrected chi connectivity index (χ3v) is 4.71. The first-order chi connectivity index (χ1) is 11.2. The highest BCUT2D eigenvalue weighted by atomic mass is 79.9. The predicted octanol–water partition coefficient (Wildman–Crippen LogP) is 3.92. The monoisotopic (exact) mass is 378 g/mol. The first-order valence-electron chi connectivity index (χ1n) is 7.71. The van der Waals surface area contributed by atoms with Crippen molar-refractivity contribution < 1.29 is 9.13 Å². The van der Waals surface area contributed by atoms with Gasteiger partial charge in [-0.05, 0) is 36.4 Å². The molecular weight excluding hydrogens is 359 g/mol. The highest BCUT2D eigenvalue weighted by molar-refractivity contribution is 9.10. The first-order valence-corrected chi connectivity index (χ1v) is 8.50. The average Bonchev–Trinajstić information content (AvgIpc) is 2.58. The number of benzene rings is 2. The van der Waals surface area contributed by atoms with Crippen molar-refractivity contribution in [2.45, 2.75) is 6.54 Å². The summed E-state index contributed by atoms with van der Waals surface area (Å²) < 4.78 is 19.9. The van der Waals surface area contributed by atoms with E-state index in [2.05, 4.69) is 37.9 Å². The molecule has 0 bridgehead atoms. The average molecular weight is 379 g/mol. The molecule has 0 aromatic heterocycles. The number of halogens is 2. The van der Waals surface area contributed by atoms with Gasteiger partial charge in [0.05, 0.1) is 7.11 Å². The van der Waals surface area contributed by atoms with Crippen LogP contribution >= 0.6 is 15.9 Å². The lowest BCUT2D eigenvalue weighted by atomic mass is 10.1. The van der Waals surface area contributed by atoms with Crippen molar-refractivity contribution in [3.63, 3.8) is 0 Å². The van der Waals surface area contributed by atoms with Gasteiger partial charge in [-0.25, -0.2) is 4.39 Å². The van der Waals surface area contributed by atoms with Gasteiger partial charge in [0.1, 0.15) is 11.6 Å². The Morgan fingerprint density at radius 2 is 1.74 bits per heavy atom. The van der Waals surface area contributed by atoms with Gasteiger partial charge in [-0.3, -0.25) is 4.90 Å². The molecule has 1 aliphatic rings. The molecule has 0 N–H and O–H groups in total. The van der Waals surface area contributed by atoms with Gasteiger partial charge in [0.15, 0.2) is 0 Å². The molecule has 2 aromatic carbocycles. The number of hydrogen-bond acceptors (Lipinski definition) is 3. The molecule has 1 saturated heterocycles. The number of nitrogens with zero attached hydrogens (tertiary/aromatic N) is 2. The van der Waals surface area contributed by atoms with Gasteiger partial charge >= 0.3 is 0 Å². The van der Waals surface area contributed by atoms with E-state index in [0.29, 0.717) is 6.54 Å². The van der Waals surface area contributed by atoms with Gasteiger partial charge in [0.25, 0.3) is 0 Å².